The number of rotatable bonds is 4. The standard InChI is InChI=1S/C18H28N4O2/c1-20(2)18(23)14-22-8-9-24-17-13-21(7-5-16(17)12-22)11-15-4-3-6-19-10-15/h3-4,6,10,16-17H,5,7-9,11-14H2,1-2H3/t16-,17-/m0/s1. The molecule has 2 aliphatic heterocycles. The number of pyridine rings is 1. The van der Waals surface area contributed by atoms with E-state index in [0.717, 1.165) is 39.1 Å². The summed E-state index contributed by atoms with van der Waals surface area (Å²) >= 11 is 0. The number of carbonyl (C=O) groups excluding carboxylic acids is 1. The van der Waals surface area contributed by atoms with Crippen molar-refractivity contribution in [2.45, 2.75) is 19.1 Å². The maximum Gasteiger partial charge on any atom is 0.236 e. The second kappa shape index (κ2) is 8.05. The largest absolute Gasteiger partial charge is 0.375 e. The number of aromatic nitrogens is 1. The first-order valence-electron chi connectivity index (χ1n) is 8.77. The van der Waals surface area contributed by atoms with Crippen molar-refractivity contribution < 1.29 is 9.53 Å². The van der Waals surface area contributed by atoms with E-state index in [1.165, 1.54) is 5.56 Å². The molecule has 1 amide bonds. The Balaban J connectivity index is 1.54. The van der Waals surface area contributed by atoms with Crippen molar-refractivity contribution in [3.05, 3.63) is 30.1 Å². The van der Waals surface area contributed by atoms with Crippen molar-refractivity contribution >= 4 is 5.91 Å². The molecule has 0 unspecified atom stereocenters. The average Bonchev–Trinajstić information content (AvgIpc) is 2.77. The number of likely N-dealkylation sites (N-methyl/N-ethyl adjacent to an activating group) is 1. The number of carbonyl (C=O) groups is 1. The molecule has 0 saturated carbocycles. The number of nitrogens with zero attached hydrogens (tertiary/aromatic N) is 4. The van der Waals surface area contributed by atoms with Gasteiger partial charge in [-0.15, -0.1) is 0 Å². The first-order chi connectivity index (χ1) is 11.6. The molecule has 0 radical (unpaired) electrons. The van der Waals surface area contributed by atoms with E-state index in [-0.39, 0.29) is 12.0 Å². The number of amides is 1. The van der Waals surface area contributed by atoms with Crippen LogP contribution in [0.1, 0.15) is 12.0 Å². The zero-order valence-electron chi connectivity index (χ0n) is 14.7. The van der Waals surface area contributed by atoms with E-state index in [1.54, 1.807) is 4.90 Å². The van der Waals surface area contributed by atoms with Crippen LogP contribution in [0.4, 0.5) is 0 Å². The van der Waals surface area contributed by atoms with Gasteiger partial charge in [0.25, 0.3) is 0 Å². The first kappa shape index (κ1) is 17.3. The number of fused-ring (bicyclic) bond motifs is 1. The Morgan fingerprint density at radius 1 is 1.33 bits per heavy atom. The third-order valence-corrected chi connectivity index (χ3v) is 5.00. The van der Waals surface area contributed by atoms with Gasteiger partial charge >= 0.3 is 0 Å². The highest BCUT2D eigenvalue weighted by molar-refractivity contribution is 5.77. The Hall–Kier alpha value is -1.50. The van der Waals surface area contributed by atoms with Gasteiger partial charge in [0.2, 0.25) is 5.91 Å². The second-order valence-electron chi connectivity index (χ2n) is 7.08. The highest BCUT2D eigenvalue weighted by atomic mass is 16.5. The molecule has 0 spiro atoms. The van der Waals surface area contributed by atoms with Crippen LogP contribution in [0.15, 0.2) is 24.5 Å². The van der Waals surface area contributed by atoms with Gasteiger partial charge in [-0.05, 0) is 24.6 Å². The Morgan fingerprint density at radius 2 is 2.21 bits per heavy atom. The Bertz CT molecular complexity index is 537. The van der Waals surface area contributed by atoms with Gasteiger partial charge in [0.05, 0.1) is 19.3 Å². The summed E-state index contributed by atoms with van der Waals surface area (Å²) in [4.78, 5) is 22.5. The van der Waals surface area contributed by atoms with E-state index in [0.29, 0.717) is 19.1 Å². The van der Waals surface area contributed by atoms with Crippen molar-refractivity contribution in [3.63, 3.8) is 0 Å². The molecule has 0 bridgehead atoms. The smallest absolute Gasteiger partial charge is 0.236 e. The lowest BCUT2D eigenvalue weighted by molar-refractivity contribution is -0.130. The maximum atomic E-state index is 12.0. The summed E-state index contributed by atoms with van der Waals surface area (Å²) in [6.45, 7) is 5.99. The highest BCUT2D eigenvalue weighted by Crippen LogP contribution is 2.25. The Labute approximate surface area is 144 Å². The summed E-state index contributed by atoms with van der Waals surface area (Å²) in [5, 5.41) is 0. The SMILES string of the molecule is CN(C)C(=O)CN1CCO[C@H]2CN(Cc3cccnc3)CC[C@H]2C1. The molecule has 6 heteroatoms. The third kappa shape index (κ3) is 4.53. The van der Waals surface area contributed by atoms with Crippen LogP contribution in [-0.4, -0.2) is 85.1 Å². The normalized spacial score (nSPS) is 25.8. The summed E-state index contributed by atoms with van der Waals surface area (Å²) in [5.74, 6) is 0.690. The molecule has 1 aromatic heterocycles. The summed E-state index contributed by atoms with van der Waals surface area (Å²) in [5.41, 5.74) is 1.25. The monoisotopic (exact) mass is 332 g/mol. The van der Waals surface area contributed by atoms with Gasteiger partial charge < -0.3 is 9.64 Å². The van der Waals surface area contributed by atoms with Crippen molar-refractivity contribution in [3.8, 4) is 0 Å². The number of hydrogen-bond acceptors (Lipinski definition) is 5. The molecule has 6 nitrogen and oxygen atoms in total. The minimum Gasteiger partial charge on any atom is -0.375 e. The van der Waals surface area contributed by atoms with Crippen LogP contribution in [0, 0.1) is 5.92 Å². The van der Waals surface area contributed by atoms with Gasteiger partial charge in [0.15, 0.2) is 0 Å². The topological polar surface area (TPSA) is 48.9 Å². The summed E-state index contributed by atoms with van der Waals surface area (Å²) in [6.07, 6.45) is 5.15. The predicted octanol–water partition coefficient (Wildman–Crippen LogP) is 0.693. The fraction of sp³-hybridized carbons (Fsp3) is 0.667. The number of ether oxygens (including phenoxy) is 1. The second-order valence-corrected chi connectivity index (χ2v) is 7.08. The first-order valence-corrected chi connectivity index (χ1v) is 8.77. The van der Waals surface area contributed by atoms with Crippen molar-refractivity contribution in [1.29, 1.82) is 0 Å². The van der Waals surface area contributed by atoms with E-state index in [4.69, 9.17) is 4.74 Å². The van der Waals surface area contributed by atoms with Crippen molar-refractivity contribution in [2.75, 3.05) is 53.4 Å². The minimum absolute atomic E-state index is 0.169. The molecule has 3 rings (SSSR count). The summed E-state index contributed by atoms with van der Waals surface area (Å²) in [6, 6.07) is 4.12. The van der Waals surface area contributed by atoms with Crippen LogP contribution >= 0.6 is 0 Å². The minimum atomic E-state index is 0.169. The third-order valence-electron chi connectivity index (χ3n) is 5.00. The van der Waals surface area contributed by atoms with Gasteiger partial charge in [-0.3, -0.25) is 19.6 Å². The van der Waals surface area contributed by atoms with Crippen molar-refractivity contribution in [1.82, 2.24) is 19.7 Å². The van der Waals surface area contributed by atoms with E-state index >= 15 is 0 Å². The van der Waals surface area contributed by atoms with Gasteiger partial charge in [0.1, 0.15) is 0 Å². The van der Waals surface area contributed by atoms with Crippen LogP contribution < -0.4 is 0 Å². The number of piperidine rings is 1. The lowest BCUT2D eigenvalue weighted by atomic mass is 9.93. The quantitative estimate of drug-likeness (QED) is 0.812. The van der Waals surface area contributed by atoms with E-state index in [9.17, 15) is 4.79 Å². The molecule has 2 atom stereocenters. The molecule has 132 valence electrons. The average molecular weight is 332 g/mol. The van der Waals surface area contributed by atoms with Crippen LogP contribution in [0.5, 0.6) is 0 Å². The van der Waals surface area contributed by atoms with Crippen LogP contribution in [0.3, 0.4) is 0 Å². The van der Waals surface area contributed by atoms with Gasteiger partial charge in [-0.2, -0.15) is 0 Å². The van der Waals surface area contributed by atoms with Crippen molar-refractivity contribution in [2.24, 2.45) is 5.92 Å². The Kier molecular flexibility index (Phi) is 5.81. The number of hydrogen-bond donors (Lipinski definition) is 0. The molecular weight excluding hydrogens is 304 g/mol. The van der Waals surface area contributed by atoms with E-state index in [2.05, 4.69) is 20.9 Å². The van der Waals surface area contributed by atoms with Gasteiger partial charge in [0, 0.05) is 58.6 Å². The fourth-order valence-electron chi connectivity index (χ4n) is 3.55. The fourth-order valence-corrected chi connectivity index (χ4v) is 3.55. The molecule has 0 N–H and O–H groups in total. The molecular formula is C18H28N4O2. The molecule has 2 fully saturated rings. The predicted molar refractivity (Wildman–Crippen MR) is 92.5 cm³/mol. The zero-order chi connectivity index (χ0) is 16.9. The number of likely N-dealkylation sites (tertiary alicyclic amines) is 1. The molecule has 1 aromatic rings. The van der Waals surface area contributed by atoms with Crippen LogP contribution in [0.25, 0.3) is 0 Å². The molecule has 0 aliphatic carbocycles. The van der Waals surface area contributed by atoms with Gasteiger partial charge in [-0.25, -0.2) is 0 Å². The summed E-state index contributed by atoms with van der Waals surface area (Å²) in [7, 11) is 3.63. The lowest BCUT2D eigenvalue weighted by Gasteiger charge is -2.38. The molecule has 3 heterocycles. The molecule has 2 aliphatic rings. The highest BCUT2D eigenvalue weighted by Gasteiger charge is 2.33. The zero-order valence-corrected chi connectivity index (χ0v) is 14.7. The molecule has 0 aromatic carbocycles. The maximum absolute atomic E-state index is 12.0. The van der Waals surface area contributed by atoms with E-state index in [1.807, 2.05) is 32.6 Å². The molecule has 24 heavy (non-hydrogen) atoms. The van der Waals surface area contributed by atoms with Crippen LogP contribution in [-0.2, 0) is 16.1 Å². The van der Waals surface area contributed by atoms with Crippen LogP contribution in [0.2, 0.25) is 0 Å². The summed E-state index contributed by atoms with van der Waals surface area (Å²) < 4.78 is 6.12. The lowest BCUT2D eigenvalue weighted by Crippen LogP contribution is -2.47. The van der Waals surface area contributed by atoms with E-state index < -0.39 is 0 Å². The van der Waals surface area contributed by atoms with Gasteiger partial charge in [-0.1, -0.05) is 6.07 Å². The molecule has 2 saturated heterocycles. The Morgan fingerprint density at radius 3 is 2.96 bits per heavy atom.